The third kappa shape index (κ3) is 3.19. The number of carbonyl (C=O) groups excluding carboxylic acids is 1. The Balaban J connectivity index is 1.95. The molecule has 4 rings (SSSR count). The smallest absolute Gasteiger partial charge is 0.339 e. The first-order valence-electron chi connectivity index (χ1n) is 8.85. The molecule has 2 heterocycles. The fourth-order valence-corrected chi connectivity index (χ4v) is 3.00. The maximum absolute atomic E-state index is 12.2. The van der Waals surface area contributed by atoms with Crippen LogP contribution in [0.25, 0.3) is 28.0 Å². The number of hydrogen-bond donors (Lipinski definition) is 0. The summed E-state index contributed by atoms with van der Waals surface area (Å²) >= 11 is 0. The Hall–Kier alpha value is -3.47. The number of pyridine rings is 1. The fourth-order valence-electron chi connectivity index (χ4n) is 3.00. The summed E-state index contributed by atoms with van der Waals surface area (Å²) in [5, 5.41) is 5.62. The van der Waals surface area contributed by atoms with Crippen LogP contribution in [0.4, 0.5) is 0 Å². The van der Waals surface area contributed by atoms with Crippen LogP contribution < -0.4 is 0 Å². The van der Waals surface area contributed by atoms with E-state index in [0.717, 1.165) is 22.3 Å². The SMILES string of the molecule is CCOC(=O)c1cnc2c(c1)c(-c1ccc(C)cc1)nn2-c1ccccc1. The summed E-state index contributed by atoms with van der Waals surface area (Å²) in [6, 6.07) is 19.8. The van der Waals surface area contributed by atoms with Gasteiger partial charge in [0.1, 0.15) is 5.69 Å². The molecule has 0 N–H and O–H groups in total. The van der Waals surface area contributed by atoms with E-state index in [1.807, 2.05) is 67.6 Å². The molecule has 0 atom stereocenters. The highest BCUT2D eigenvalue weighted by atomic mass is 16.5. The van der Waals surface area contributed by atoms with Gasteiger partial charge in [0.25, 0.3) is 0 Å². The molecule has 0 saturated heterocycles. The first kappa shape index (κ1) is 17.0. The predicted octanol–water partition coefficient (Wildman–Crippen LogP) is 4.57. The second-order valence-electron chi connectivity index (χ2n) is 6.28. The van der Waals surface area contributed by atoms with Crippen LogP contribution in [-0.4, -0.2) is 27.3 Å². The lowest BCUT2D eigenvalue weighted by Gasteiger charge is -2.03. The Labute approximate surface area is 157 Å². The molecule has 2 aromatic heterocycles. The maximum Gasteiger partial charge on any atom is 0.339 e. The van der Waals surface area contributed by atoms with Gasteiger partial charge < -0.3 is 4.74 Å². The molecule has 5 nitrogen and oxygen atoms in total. The summed E-state index contributed by atoms with van der Waals surface area (Å²) in [6.45, 7) is 4.16. The number of rotatable bonds is 4. The molecule has 0 aliphatic heterocycles. The van der Waals surface area contributed by atoms with Gasteiger partial charge in [0.15, 0.2) is 5.65 Å². The van der Waals surface area contributed by atoms with Crippen molar-refractivity contribution in [3.8, 4) is 16.9 Å². The Bertz CT molecular complexity index is 1100. The van der Waals surface area contributed by atoms with E-state index in [0.29, 0.717) is 17.8 Å². The lowest BCUT2D eigenvalue weighted by molar-refractivity contribution is 0.0526. The molecule has 0 amide bonds. The van der Waals surface area contributed by atoms with Gasteiger partial charge in [0, 0.05) is 17.1 Å². The average molecular weight is 357 g/mol. The zero-order chi connectivity index (χ0) is 18.8. The Morgan fingerprint density at radius 1 is 1.07 bits per heavy atom. The van der Waals surface area contributed by atoms with Crippen molar-refractivity contribution in [2.75, 3.05) is 6.61 Å². The summed E-state index contributed by atoms with van der Waals surface area (Å²) in [5.41, 5.74) is 4.97. The highest BCUT2D eigenvalue weighted by Gasteiger charge is 2.17. The van der Waals surface area contributed by atoms with E-state index >= 15 is 0 Å². The minimum atomic E-state index is -0.380. The molecular weight excluding hydrogens is 338 g/mol. The van der Waals surface area contributed by atoms with Crippen LogP contribution >= 0.6 is 0 Å². The predicted molar refractivity (Wildman–Crippen MR) is 105 cm³/mol. The highest BCUT2D eigenvalue weighted by molar-refractivity contribution is 5.98. The molecule has 0 spiro atoms. The number of aryl methyl sites for hydroxylation is 1. The number of nitrogens with zero attached hydrogens (tertiary/aromatic N) is 3. The van der Waals surface area contributed by atoms with Crippen molar-refractivity contribution in [1.29, 1.82) is 0 Å². The molecule has 0 aliphatic rings. The first-order chi connectivity index (χ1) is 13.2. The van der Waals surface area contributed by atoms with E-state index in [4.69, 9.17) is 9.84 Å². The molecular formula is C22H19N3O2. The van der Waals surface area contributed by atoms with Crippen LogP contribution in [0, 0.1) is 6.92 Å². The van der Waals surface area contributed by atoms with Crippen molar-refractivity contribution in [3.05, 3.63) is 78.0 Å². The number of aromatic nitrogens is 3. The van der Waals surface area contributed by atoms with Crippen molar-refractivity contribution >= 4 is 17.0 Å². The number of fused-ring (bicyclic) bond motifs is 1. The van der Waals surface area contributed by atoms with Crippen LogP contribution in [0.3, 0.4) is 0 Å². The lowest BCUT2D eigenvalue weighted by atomic mass is 10.1. The van der Waals surface area contributed by atoms with Gasteiger partial charge in [-0.3, -0.25) is 0 Å². The van der Waals surface area contributed by atoms with Gasteiger partial charge in [-0.25, -0.2) is 14.5 Å². The van der Waals surface area contributed by atoms with Crippen LogP contribution in [0.5, 0.6) is 0 Å². The minimum Gasteiger partial charge on any atom is -0.462 e. The van der Waals surface area contributed by atoms with E-state index < -0.39 is 0 Å². The van der Waals surface area contributed by atoms with Gasteiger partial charge >= 0.3 is 5.97 Å². The molecule has 2 aromatic carbocycles. The zero-order valence-corrected chi connectivity index (χ0v) is 15.2. The molecule has 0 saturated carbocycles. The van der Waals surface area contributed by atoms with Gasteiger partial charge in [0.2, 0.25) is 0 Å². The molecule has 134 valence electrons. The summed E-state index contributed by atoms with van der Waals surface area (Å²) in [4.78, 5) is 16.7. The second kappa shape index (κ2) is 7.03. The molecule has 5 heteroatoms. The van der Waals surface area contributed by atoms with E-state index in [9.17, 15) is 4.79 Å². The third-order valence-corrected chi connectivity index (χ3v) is 4.36. The molecule has 0 radical (unpaired) electrons. The van der Waals surface area contributed by atoms with Gasteiger partial charge in [-0.15, -0.1) is 0 Å². The molecule has 0 aliphatic carbocycles. The van der Waals surface area contributed by atoms with Crippen LogP contribution in [0.15, 0.2) is 66.9 Å². The second-order valence-corrected chi connectivity index (χ2v) is 6.28. The van der Waals surface area contributed by atoms with Gasteiger partial charge in [-0.05, 0) is 32.0 Å². The lowest BCUT2D eigenvalue weighted by Crippen LogP contribution is -2.05. The fraction of sp³-hybridized carbons (Fsp3) is 0.136. The number of benzene rings is 2. The topological polar surface area (TPSA) is 57.0 Å². The third-order valence-electron chi connectivity index (χ3n) is 4.36. The summed E-state index contributed by atoms with van der Waals surface area (Å²) in [7, 11) is 0. The van der Waals surface area contributed by atoms with Crippen molar-refractivity contribution in [2.45, 2.75) is 13.8 Å². The van der Waals surface area contributed by atoms with E-state index in [1.54, 1.807) is 17.8 Å². The number of ether oxygens (including phenoxy) is 1. The molecule has 0 bridgehead atoms. The van der Waals surface area contributed by atoms with Gasteiger partial charge in [-0.1, -0.05) is 48.0 Å². The summed E-state index contributed by atoms with van der Waals surface area (Å²) < 4.78 is 6.93. The normalized spacial score (nSPS) is 10.9. The summed E-state index contributed by atoms with van der Waals surface area (Å²) in [6.07, 6.45) is 1.54. The van der Waals surface area contributed by atoms with Crippen LogP contribution in [0.2, 0.25) is 0 Å². The minimum absolute atomic E-state index is 0.324. The number of carbonyl (C=O) groups is 1. The van der Waals surface area contributed by atoms with E-state index in [1.165, 1.54) is 5.56 Å². The molecule has 27 heavy (non-hydrogen) atoms. The quantitative estimate of drug-likeness (QED) is 0.502. The van der Waals surface area contributed by atoms with Crippen molar-refractivity contribution in [2.24, 2.45) is 0 Å². The number of para-hydroxylation sites is 1. The van der Waals surface area contributed by atoms with E-state index in [2.05, 4.69) is 4.98 Å². The molecule has 0 unspecified atom stereocenters. The molecule has 4 aromatic rings. The largest absolute Gasteiger partial charge is 0.462 e. The maximum atomic E-state index is 12.2. The molecule has 0 fully saturated rings. The van der Waals surface area contributed by atoms with Crippen molar-refractivity contribution < 1.29 is 9.53 Å². The van der Waals surface area contributed by atoms with Crippen LogP contribution in [-0.2, 0) is 4.74 Å². The number of hydrogen-bond acceptors (Lipinski definition) is 4. The Kier molecular flexibility index (Phi) is 4.42. The Morgan fingerprint density at radius 2 is 1.81 bits per heavy atom. The van der Waals surface area contributed by atoms with Gasteiger partial charge in [-0.2, -0.15) is 5.10 Å². The van der Waals surface area contributed by atoms with E-state index in [-0.39, 0.29) is 5.97 Å². The number of esters is 1. The monoisotopic (exact) mass is 357 g/mol. The van der Waals surface area contributed by atoms with Gasteiger partial charge in [0.05, 0.1) is 17.9 Å². The van der Waals surface area contributed by atoms with Crippen LogP contribution in [0.1, 0.15) is 22.8 Å². The summed E-state index contributed by atoms with van der Waals surface area (Å²) in [5.74, 6) is -0.380. The average Bonchev–Trinajstić information content (AvgIpc) is 3.08. The standard InChI is InChI=1S/C22H19N3O2/c1-3-27-22(26)17-13-19-20(16-11-9-15(2)10-12-16)24-25(21(19)23-14-17)18-7-5-4-6-8-18/h4-14H,3H2,1-2H3. The zero-order valence-electron chi connectivity index (χ0n) is 15.2. The Morgan fingerprint density at radius 3 is 2.52 bits per heavy atom. The van der Waals surface area contributed by atoms with Crippen molar-refractivity contribution in [3.63, 3.8) is 0 Å². The highest BCUT2D eigenvalue weighted by Crippen LogP contribution is 2.29. The first-order valence-corrected chi connectivity index (χ1v) is 8.85. The van der Waals surface area contributed by atoms with Crippen molar-refractivity contribution in [1.82, 2.24) is 14.8 Å².